The molecule has 0 fully saturated rings. The molecular weight excluding hydrogens is 140 g/mol. The highest BCUT2D eigenvalue weighted by Gasteiger charge is 2.17. The predicted molar refractivity (Wildman–Crippen MR) is 18.6 cm³/mol. The molecule has 0 atom stereocenters. The lowest BCUT2D eigenvalue weighted by Gasteiger charge is -1.77. The van der Waals surface area contributed by atoms with Gasteiger partial charge in [-0.05, 0) is 0 Å². The fraction of sp³-hybridized carbons (Fsp3) is 0. The Bertz CT molecular complexity index is 207. The maximum absolute atomic E-state index is 11.7. The molecule has 0 unspecified atom stereocenters. The molecule has 0 N–H and O–H groups in total. The first kappa shape index (κ1) is 6.06. The standard InChI is InChI=1S/C3F4N2/c4-1-2(5)8-9(7)3(1)6. The second-order valence-electron chi connectivity index (χ2n) is 1.26. The van der Waals surface area contributed by atoms with E-state index in [0.717, 1.165) is 0 Å². The van der Waals surface area contributed by atoms with Crippen LogP contribution in [-0.4, -0.2) is 10.0 Å². The second kappa shape index (κ2) is 1.71. The Morgan fingerprint density at radius 2 is 1.78 bits per heavy atom. The Morgan fingerprint density at radius 3 is 1.89 bits per heavy atom. The van der Waals surface area contributed by atoms with Gasteiger partial charge in [0.15, 0.2) is 0 Å². The highest BCUT2D eigenvalue weighted by atomic mass is 19.2. The first-order chi connectivity index (χ1) is 4.13. The number of nitrogens with zero attached hydrogens (tertiary/aromatic N) is 2. The fourth-order valence-corrected chi connectivity index (χ4v) is 0.331. The van der Waals surface area contributed by atoms with Crippen LogP contribution in [0.3, 0.4) is 0 Å². The van der Waals surface area contributed by atoms with Crippen LogP contribution in [0.2, 0.25) is 0 Å². The van der Waals surface area contributed by atoms with Gasteiger partial charge >= 0.3 is 0 Å². The minimum absolute atomic E-state index is 1.01. The zero-order chi connectivity index (χ0) is 7.02. The third-order valence-electron chi connectivity index (χ3n) is 0.700. The van der Waals surface area contributed by atoms with Crippen molar-refractivity contribution in [1.29, 1.82) is 0 Å². The van der Waals surface area contributed by atoms with Crippen LogP contribution in [0.15, 0.2) is 0 Å². The highest BCUT2D eigenvalue weighted by Crippen LogP contribution is 2.07. The van der Waals surface area contributed by atoms with E-state index in [1.807, 2.05) is 0 Å². The van der Waals surface area contributed by atoms with Crippen molar-refractivity contribution in [2.75, 3.05) is 0 Å². The molecule has 0 spiro atoms. The molecule has 1 rings (SSSR count). The molecule has 0 radical (unpaired) electrons. The van der Waals surface area contributed by atoms with Gasteiger partial charge < -0.3 is 0 Å². The van der Waals surface area contributed by atoms with E-state index in [2.05, 4.69) is 5.10 Å². The van der Waals surface area contributed by atoms with E-state index in [9.17, 15) is 17.7 Å². The van der Waals surface area contributed by atoms with E-state index in [0.29, 0.717) is 0 Å². The molecule has 0 aliphatic carbocycles. The van der Waals surface area contributed by atoms with Crippen molar-refractivity contribution in [3.63, 3.8) is 0 Å². The smallest absolute Gasteiger partial charge is 0.197 e. The van der Waals surface area contributed by atoms with Crippen LogP contribution >= 0.6 is 0 Å². The van der Waals surface area contributed by atoms with Crippen molar-refractivity contribution < 1.29 is 17.7 Å². The van der Waals surface area contributed by atoms with E-state index in [4.69, 9.17) is 0 Å². The van der Waals surface area contributed by atoms with Crippen molar-refractivity contribution in [2.45, 2.75) is 0 Å². The molecule has 0 aromatic carbocycles. The van der Waals surface area contributed by atoms with E-state index >= 15 is 0 Å². The molecule has 50 valence electrons. The topological polar surface area (TPSA) is 17.8 Å². The first-order valence-electron chi connectivity index (χ1n) is 1.88. The Hall–Kier alpha value is -1.07. The summed E-state index contributed by atoms with van der Waals surface area (Å²) in [6.07, 6.45) is 0. The summed E-state index contributed by atoms with van der Waals surface area (Å²) in [4.78, 5) is -1.01. The van der Waals surface area contributed by atoms with Crippen LogP contribution in [0, 0.1) is 17.7 Å². The lowest BCUT2D eigenvalue weighted by atomic mass is 10.7. The lowest BCUT2D eigenvalue weighted by Crippen LogP contribution is -1.88. The van der Waals surface area contributed by atoms with Crippen molar-refractivity contribution in [3.8, 4) is 0 Å². The van der Waals surface area contributed by atoms with Gasteiger partial charge in [-0.3, -0.25) is 0 Å². The molecular formula is C3F4N2. The third kappa shape index (κ3) is 0.756. The molecule has 0 amide bonds. The quantitative estimate of drug-likeness (QED) is 0.492. The number of halogens is 4. The molecule has 1 aromatic rings. The van der Waals surface area contributed by atoms with Gasteiger partial charge in [0.1, 0.15) is 0 Å². The summed E-state index contributed by atoms with van der Waals surface area (Å²) < 4.78 is 46.5. The summed E-state index contributed by atoms with van der Waals surface area (Å²) in [6.45, 7) is 0. The lowest BCUT2D eigenvalue weighted by molar-refractivity contribution is 0.243. The highest BCUT2D eigenvalue weighted by molar-refractivity contribution is 4.89. The number of hydrogen-bond donors (Lipinski definition) is 0. The monoisotopic (exact) mass is 140 g/mol. The Kier molecular flexibility index (Phi) is 1.15. The van der Waals surface area contributed by atoms with Crippen molar-refractivity contribution in [1.82, 2.24) is 10.0 Å². The SMILES string of the molecule is Fc1nn(F)c(F)c1F. The molecule has 1 aromatic heterocycles. The average molecular weight is 140 g/mol. The van der Waals surface area contributed by atoms with Crippen LogP contribution in [0.25, 0.3) is 0 Å². The van der Waals surface area contributed by atoms with Crippen molar-refractivity contribution in [3.05, 3.63) is 17.7 Å². The summed E-state index contributed by atoms with van der Waals surface area (Å²) in [5.74, 6) is -5.64. The maximum Gasteiger partial charge on any atom is 0.283 e. The molecule has 0 bridgehead atoms. The third-order valence-corrected chi connectivity index (χ3v) is 0.700. The second-order valence-corrected chi connectivity index (χ2v) is 1.26. The van der Waals surface area contributed by atoms with E-state index in [1.54, 1.807) is 0 Å². The van der Waals surface area contributed by atoms with Crippen LogP contribution in [0.4, 0.5) is 17.7 Å². The van der Waals surface area contributed by atoms with Crippen molar-refractivity contribution >= 4 is 0 Å². The zero-order valence-electron chi connectivity index (χ0n) is 3.91. The zero-order valence-corrected chi connectivity index (χ0v) is 3.91. The van der Waals surface area contributed by atoms with Crippen LogP contribution < -0.4 is 0 Å². The molecule has 9 heavy (non-hydrogen) atoms. The fourth-order valence-electron chi connectivity index (χ4n) is 0.331. The van der Waals surface area contributed by atoms with Gasteiger partial charge in [0.05, 0.1) is 0 Å². The first-order valence-corrected chi connectivity index (χ1v) is 1.88. The summed E-state index contributed by atoms with van der Waals surface area (Å²) in [5.41, 5.74) is 0. The predicted octanol–water partition coefficient (Wildman–Crippen LogP) is 1.03. The van der Waals surface area contributed by atoms with Crippen LogP contribution in [0.5, 0.6) is 0 Å². The number of aromatic nitrogens is 2. The molecule has 0 saturated carbocycles. The minimum atomic E-state index is -1.95. The molecule has 0 aliphatic rings. The van der Waals surface area contributed by atoms with Crippen LogP contribution in [-0.2, 0) is 0 Å². The maximum atomic E-state index is 11.7. The van der Waals surface area contributed by atoms with Crippen LogP contribution in [0.1, 0.15) is 0 Å². The number of rotatable bonds is 0. The average Bonchev–Trinajstić information content (AvgIpc) is 1.98. The number of hydrogen-bond acceptors (Lipinski definition) is 1. The Morgan fingerprint density at radius 1 is 1.22 bits per heavy atom. The van der Waals surface area contributed by atoms with Crippen molar-refractivity contribution in [2.24, 2.45) is 0 Å². The Labute approximate surface area is 46.6 Å². The van der Waals surface area contributed by atoms with Gasteiger partial charge in [-0.1, -0.05) is 9.39 Å². The van der Waals surface area contributed by atoms with Gasteiger partial charge in [0.2, 0.25) is 5.82 Å². The summed E-state index contributed by atoms with van der Waals surface area (Å²) in [6, 6.07) is 0. The van der Waals surface area contributed by atoms with E-state index < -0.39 is 22.6 Å². The molecule has 0 aliphatic heterocycles. The van der Waals surface area contributed by atoms with Gasteiger partial charge in [-0.2, -0.15) is 13.2 Å². The molecule has 1 heterocycles. The summed E-state index contributed by atoms with van der Waals surface area (Å²) in [7, 11) is 0. The molecule has 2 nitrogen and oxygen atoms in total. The minimum Gasteiger partial charge on any atom is -0.197 e. The summed E-state index contributed by atoms with van der Waals surface area (Å²) in [5, 5.41) is 2.14. The molecule has 0 saturated heterocycles. The van der Waals surface area contributed by atoms with E-state index in [1.165, 1.54) is 0 Å². The van der Waals surface area contributed by atoms with Gasteiger partial charge in [-0.15, -0.1) is 5.10 Å². The van der Waals surface area contributed by atoms with Gasteiger partial charge in [0.25, 0.3) is 11.9 Å². The summed E-state index contributed by atoms with van der Waals surface area (Å²) >= 11 is 0. The van der Waals surface area contributed by atoms with Gasteiger partial charge in [-0.25, -0.2) is 0 Å². The molecule has 6 heteroatoms. The van der Waals surface area contributed by atoms with E-state index in [-0.39, 0.29) is 0 Å². The Balaban J connectivity index is 3.29. The normalized spacial score (nSPS) is 10.2. The van der Waals surface area contributed by atoms with Gasteiger partial charge in [0, 0.05) is 0 Å². The largest absolute Gasteiger partial charge is 0.283 e.